The Labute approximate surface area is 83.6 Å². The van der Waals surface area contributed by atoms with Crippen LogP contribution in [0.3, 0.4) is 0 Å². The highest BCUT2D eigenvalue weighted by Crippen LogP contribution is 2.25. The van der Waals surface area contributed by atoms with Crippen molar-refractivity contribution in [3.8, 4) is 5.75 Å². The molecule has 0 aliphatic heterocycles. The number of carboxylic acids is 1. The Morgan fingerprint density at radius 3 is 2.73 bits per heavy atom. The monoisotopic (exact) mass is 207 g/mol. The zero-order valence-corrected chi connectivity index (χ0v) is 7.44. The molecule has 5 heteroatoms. The first kappa shape index (κ1) is 9.39. The van der Waals surface area contributed by atoms with Crippen LogP contribution in [-0.2, 0) is 0 Å². The third kappa shape index (κ3) is 1.38. The molecule has 2 rings (SSSR count). The van der Waals surface area contributed by atoms with Gasteiger partial charge in [0.05, 0.1) is 5.56 Å². The summed E-state index contributed by atoms with van der Waals surface area (Å²) in [7, 11) is 0. The molecule has 76 valence electrons. The van der Waals surface area contributed by atoms with E-state index < -0.39 is 17.5 Å². The SMILES string of the molecule is O=C(O)c1ccnc2c(F)c(O)ccc12. The second-order valence-corrected chi connectivity index (χ2v) is 2.96. The number of fused-ring (bicyclic) bond motifs is 1. The van der Waals surface area contributed by atoms with Gasteiger partial charge in [-0.1, -0.05) is 0 Å². The first-order chi connectivity index (χ1) is 7.11. The van der Waals surface area contributed by atoms with Gasteiger partial charge in [-0.25, -0.2) is 9.18 Å². The second kappa shape index (κ2) is 3.20. The van der Waals surface area contributed by atoms with Crippen molar-refractivity contribution in [3.63, 3.8) is 0 Å². The first-order valence-electron chi connectivity index (χ1n) is 4.10. The zero-order chi connectivity index (χ0) is 11.0. The van der Waals surface area contributed by atoms with Crippen LogP contribution in [0.1, 0.15) is 10.4 Å². The van der Waals surface area contributed by atoms with Crippen molar-refractivity contribution in [2.24, 2.45) is 0 Å². The van der Waals surface area contributed by atoms with Gasteiger partial charge in [0, 0.05) is 11.6 Å². The molecular formula is C10H6FNO3. The smallest absolute Gasteiger partial charge is 0.336 e. The van der Waals surface area contributed by atoms with Crippen LogP contribution in [0, 0.1) is 5.82 Å². The van der Waals surface area contributed by atoms with Gasteiger partial charge in [0.2, 0.25) is 0 Å². The van der Waals surface area contributed by atoms with Crippen LogP contribution < -0.4 is 0 Å². The van der Waals surface area contributed by atoms with E-state index in [2.05, 4.69) is 4.98 Å². The Bertz CT molecular complexity index is 554. The van der Waals surface area contributed by atoms with Gasteiger partial charge >= 0.3 is 5.97 Å². The van der Waals surface area contributed by atoms with Crippen molar-refractivity contribution < 1.29 is 19.4 Å². The minimum atomic E-state index is -1.16. The maximum Gasteiger partial charge on any atom is 0.336 e. The fourth-order valence-corrected chi connectivity index (χ4v) is 1.36. The number of hydrogen-bond donors (Lipinski definition) is 2. The van der Waals surface area contributed by atoms with Gasteiger partial charge in [0.25, 0.3) is 0 Å². The van der Waals surface area contributed by atoms with Crippen LogP contribution >= 0.6 is 0 Å². The lowest BCUT2D eigenvalue weighted by Gasteiger charge is -2.03. The number of nitrogens with zero attached hydrogens (tertiary/aromatic N) is 1. The van der Waals surface area contributed by atoms with E-state index in [4.69, 9.17) is 10.2 Å². The highest BCUT2D eigenvalue weighted by Gasteiger charge is 2.13. The average molecular weight is 207 g/mol. The van der Waals surface area contributed by atoms with Gasteiger partial charge in [0.15, 0.2) is 11.6 Å². The number of hydrogen-bond acceptors (Lipinski definition) is 3. The Morgan fingerprint density at radius 2 is 2.07 bits per heavy atom. The zero-order valence-electron chi connectivity index (χ0n) is 7.44. The van der Waals surface area contributed by atoms with E-state index in [9.17, 15) is 9.18 Å². The summed E-state index contributed by atoms with van der Waals surface area (Å²) in [5, 5.41) is 18.1. The van der Waals surface area contributed by atoms with Crippen molar-refractivity contribution in [1.29, 1.82) is 0 Å². The number of benzene rings is 1. The van der Waals surface area contributed by atoms with Crippen molar-refractivity contribution in [1.82, 2.24) is 4.98 Å². The molecule has 2 N–H and O–H groups in total. The van der Waals surface area contributed by atoms with Crippen molar-refractivity contribution >= 4 is 16.9 Å². The average Bonchev–Trinajstić information content (AvgIpc) is 2.23. The molecule has 15 heavy (non-hydrogen) atoms. The quantitative estimate of drug-likeness (QED) is 0.747. The molecule has 0 aliphatic carbocycles. The predicted molar refractivity (Wildman–Crippen MR) is 50.3 cm³/mol. The Balaban J connectivity index is 2.89. The van der Waals surface area contributed by atoms with E-state index in [1.54, 1.807) is 0 Å². The topological polar surface area (TPSA) is 70.4 Å². The van der Waals surface area contributed by atoms with Gasteiger partial charge in [-0.15, -0.1) is 0 Å². The van der Waals surface area contributed by atoms with Crippen LogP contribution in [0.5, 0.6) is 5.75 Å². The number of aromatic nitrogens is 1. The maximum atomic E-state index is 13.3. The van der Waals surface area contributed by atoms with Gasteiger partial charge < -0.3 is 10.2 Å². The molecular weight excluding hydrogens is 201 g/mol. The van der Waals surface area contributed by atoms with E-state index in [0.29, 0.717) is 0 Å². The molecule has 1 aromatic carbocycles. The summed E-state index contributed by atoms with van der Waals surface area (Å²) in [6.45, 7) is 0. The molecule has 2 aromatic rings. The summed E-state index contributed by atoms with van der Waals surface area (Å²) in [6.07, 6.45) is 1.19. The molecule has 0 saturated carbocycles. The van der Waals surface area contributed by atoms with E-state index in [0.717, 1.165) is 6.07 Å². The van der Waals surface area contributed by atoms with E-state index >= 15 is 0 Å². The number of aromatic carboxylic acids is 1. The normalized spacial score (nSPS) is 10.5. The molecule has 0 amide bonds. The third-order valence-corrected chi connectivity index (χ3v) is 2.06. The van der Waals surface area contributed by atoms with Crippen LogP contribution in [0.25, 0.3) is 10.9 Å². The van der Waals surface area contributed by atoms with Gasteiger partial charge in [-0.05, 0) is 18.2 Å². The largest absolute Gasteiger partial charge is 0.505 e. The molecule has 4 nitrogen and oxygen atoms in total. The fraction of sp³-hybridized carbons (Fsp3) is 0. The van der Waals surface area contributed by atoms with Gasteiger partial charge in [-0.3, -0.25) is 4.98 Å². The minimum Gasteiger partial charge on any atom is -0.505 e. The molecule has 0 radical (unpaired) electrons. The number of carboxylic acid groups (broad SMARTS) is 1. The fourth-order valence-electron chi connectivity index (χ4n) is 1.36. The lowest BCUT2D eigenvalue weighted by molar-refractivity contribution is 0.0699. The first-order valence-corrected chi connectivity index (χ1v) is 4.10. The minimum absolute atomic E-state index is 0.0427. The van der Waals surface area contributed by atoms with E-state index in [-0.39, 0.29) is 16.5 Å². The summed E-state index contributed by atoms with van der Waals surface area (Å²) in [6, 6.07) is 3.71. The molecule has 0 fully saturated rings. The van der Waals surface area contributed by atoms with Crippen molar-refractivity contribution in [2.45, 2.75) is 0 Å². The number of aromatic hydroxyl groups is 1. The summed E-state index contributed by atoms with van der Waals surface area (Å²) in [4.78, 5) is 14.5. The van der Waals surface area contributed by atoms with Crippen LogP contribution in [-0.4, -0.2) is 21.2 Å². The Hall–Kier alpha value is -2.17. The van der Waals surface area contributed by atoms with Crippen LogP contribution in [0.2, 0.25) is 0 Å². The molecule has 0 bridgehead atoms. The standard InChI is InChI=1S/C10H6FNO3/c11-8-7(13)2-1-5-6(10(14)15)3-4-12-9(5)8/h1-4,13H,(H,14,15). The predicted octanol–water partition coefficient (Wildman–Crippen LogP) is 1.78. The number of phenols is 1. The molecule has 0 spiro atoms. The van der Waals surface area contributed by atoms with Gasteiger partial charge in [0.1, 0.15) is 5.52 Å². The Morgan fingerprint density at radius 1 is 1.33 bits per heavy atom. The lowest BCUT2D eigenvalue weighted by atomic mass is 10.1. The summed E-state index contributed by atoms with van der Waals surface area (Å²) >= 11 is 0. The highest BCUT2D eigenvalue weighted by atomic mass is 19.1. The number of rotatable bonds is 1. The molecule has 0 atom stereocenters. The number of pyridine rings is 1. The molecule has 0 saturated heterocycles. The van der Waals surface area contributed by atoms with Crippen molar-refractivity contribution in [3.05, 3.63) is 35.8 Å². The lowest BCUT2D eigenvalue weighted by Crippen LogP contribution is -1.99. The Kier molecular flexibility index (Phi) is 2.00. The summed E-state index contributed by atoms with van der Waals surface area (Å²) in [5.41, 5.74) is -0.186. The summed E-state index contributed by atoms with van der Waals surface area (Å²) < 4.78 is 13.3. The molecule has 0 aliphatic rings. The molecule has 1 aromatic heterocycles. The molecule has 1 heterocycles. The van der Waals surface area contributed by atoms with E-state index in [1.807, 2.05) is 0 Å². The number of halogens is 1. The van der Waals surface area contributed by atoms with E-state index in [1.165, 1.54) is 18.3 Å². The number of carbonyl (C=O) groups is 1. The van der Waals surface area contributed by atoms with Crippen LogP contribution in [0.4, 0.5) is 4.39 Å². The third-order valence-electron chi connectivity index (χ3n) is 2.06. The van der Waals surface area contributed by atoms with Gasteiger partial charge in [-0.2, -0.15) is 0 Å². The van der Waals surface area contributed by atoms with Crippen LogP contribution in [0.15, 0.2) is 24.4 Å². The molecule has 0 unspecified atom stereocenters. The summed E-state index contributed by atoms with van der Waals surface area (Å²) in [5.74, 6) is -2.61. The number of phenolic OH excluding ortho intramolecular Hbond substituents is 1. The maximum absolute atomic E-state index is 13.3. The van der Waals surface area contributed by atoms with Crippen molar-refractivity contribution in [2.75, 3.05) is 0 Å². The second-order valence-electron chi connectivity index (χ2n) is 2.96. The highest BCUT2D eigenvalue weighted by molar-refractivity contribution is 6.02.